The smallest absolute Gasteiger partial charge is 0.320 e. The van der Waals surface area contributed by atoms with E-state index >= 15 is 0 Å². The Bertz CT molecular complexity index is 631. The average Bonchev–Trinajstić information content (AvgIpc) is 2.56. The third kappa shape index (κ3) is 5.96. The second-order valence-electron chi connectivity index (χ2n) is 5.53. The van der Waals surface area contributed by atoms with E-state index in [4.69, 9.17) is 16.3 Å². The molecule has 0 fully saturated rings. The molecule has 0 amide bonds. The number of rotatable bonds is 8. The fraction of sp³-hybridized carbons (Fsp3) is 0.316. The van der Waals surface area contributed by atoms with Crippen LogP contribution in [0.5, 0.6) is 0 Å². The predicted molar refractivity (Wildman–Crippen MR) is 94.8 cm³/mol. The van der Waals surface area contributed by atoms with Crippen molar-refractivity contribution in [1.82, 2.24) is 4.90 Å². The van der Waals surface area contributed by atoms with Crippen LogP contribution in [0.4, 0.5) is 0 Å². The van der Waals surface area contributed by atoms with Crippen LogP contribution in [-0.2, 0) is 16.1 Å². The number of halogens is 1. The van der Waals surface area contributed by atoms with Crippen LogP contribution in [0, 0.1) is 0 Å². The summed E-state index contributed by atoms with van der Waals surface area (Å²) in [4.78, 5) is 13.7. The number of esters is 1. The third-order valence-corrected chi connectivity index (χ3v) is 3.84. The number of aliphatic hydroxyl groups is 1. The van der Waals surface area contributed by atoms with Crippen molar-refractivity contribution in [1.29, 1.82) is 0 Å². The van der Waals surface area contributed by atoms with E-state index in [1.807, 2.05) is 35.2 Å². The number of hydrogen-bond acceptors (Lipinski definition) is 4. The van der Waals surface area contributed by atoms with E-state index in [9.17, 15) is 9.90 Å². The van der Waals surface area contributed by atoms with Gasteiger partial charge in [0.2, 0.25) is 0 Å². The molecular weight excluding hydrogens is 326 g/mol. The predicted octanol–water partition coefficient (Wildman–Crippen LogP) is 3.44. The summed E-state index contributed by atoms with van der Waals surface area (Å²) in [6.45, 7) is 3.15. The molecule has 0 aliphatic heterocycles. The van der Waals surface area contributed by atoms with Crippen LogP contribution < -0.4 is 0 Å². The molecule has 0 saturated carbocycles. The summed E-state index contributed by atoms with van der Waals surface area (Å²) < 4.78 is 5.03. The second-order valence-corrected chi connectivity index (χ2v) is 5.96. The highest BCUT2D eigenvalue weighted by Gasteiger charge is 2.17. The Hall–Kier alpha value is -1.88. The van der Waals surface area contributed by atoms with Crippen LogP contribution >= 0.6 is 11.6 Å². The maximum Gasteiger partial charge on any atom is 0.320 e. The van der Waals surface area contributed by atoms with Gasteiger partial charge in [-0.2, -0.15) is 0 Å². The Morgan fingerprint density at radius 1 is 1.17 bits per heavy atom. The first-order valence-electron chi connectivity index (χ1n) is 7.94. The quantitative estimate of drug-likeness (QED) is 0.743. The summed E-state index contributed by atoms with van der Waals surface area (Å²) in [5.74, 6) is -0.295. The largest absolute Gasteiger partial charge is 0.465 e. The fourth-order valence-electron chi connectivity index (χ4n) is 2.45. The number of hydrogen-bond donors (Lipinski definition) is 1. The molecule has 0 aliphatic carbocycles. The standard InChI is InChI=1S/C19H22ClNO3/c1-2-24-19(23)14-21(12-15-6-4-3-5-7-15)13-18(22)16-8-10-17(20)11-9-16/h3-11,18,22H,2,12-14H2,1H3/t18-/m0/s1. The molecule has 2 aromatic rings. The van der Waals surface area contributed by atoms with E-state index in [-0.39, 0.29) is 12.5 Å². The molecule has 2 rings (SSSR count). The van der Waals surface area contributed by atoms with E-state index in [1.165, 1.54) is 0 Å². The number of carbonyl (C=O) groups excluding carboxylic acids is 1. The molecular formula is C19H22ClNO3. The van der Waals surface area contributed by atoms with Crippen LogP contribution in [0.15, 0.2) is 54.6 Å². The Labute approximate surface area is 147 Å². The lowest BCUT2D eigenvalue weighted by atomic mass is 10.1. The van der Waals surface area contributed by atoms with Crippen molar-refractivity contribution in [3.05, 3.63) is 70.7 Å². The normalized spacial score (nSPS) is 12.2. The van der Waals surface area contributed by atoms with Crippen molar-refractivity contribution in [3.8, 4) is 0 Å². The minimum absolute atomic E-state index is 0.132. The SMILES string of the molecule is CCOC(=O)CN(Cc1ccccc1)C[C@H](O)c1ccc(Cl)cc1. The van der Waals surface area contributed by atoms with Gasteiger partial charge in [-0.15, -0.1) is 0 Å². The van der Waals surface area contributed by atoms with E-state index in [0.717, 1.165) is 11.1 Å². The van der Waals surface area contributed by atoms with Gasteiger partial charge in [-0.05, 0) is 30.2 Å². The van der Waals surface area contributed by atoms with Crippen LogP contribution in [0.1, 0.15) is 24.2 Å². The minimum atomic E-state index is -0.708. The third-order valence-electron chi connectivity index (χ3n) is 3.59. The lowest BCUT2D eigenvalue weighted by Crippen LogP contribution is -2.34. The van der Waals surface area contributed by atoms with Crippen LogP contribution in [0.3, 0.4) is 0 Å². The van der Waals surface area contributed by atoms with Gasteiger partial charge in [0.05, 0.1) is 19.3 Å². The molecule has 0 saturated heterocycles. The summed E-state index contributed by atoms with van der Waals surface area (Å²) in [6, 6.07) is 16.9. The van der Waals surface area contributed by atoms with Crippen LogP contribution in [0.2, 0.25) is 5.02 Å². The maximum absolute atomic E-state index is 11.8. The number of aliphatic hydroxyl groups excluding tert-OH is 1. The molecule has 0 unspecified atom stereocenters. The molecule has 4 nitrogen and oxygen atoms in total. The van der Waals surface area contributed by atoms with Crippen molar-refractivity contribution in [2.24, 2.45) is 0 Å². The van der Waals surface area contributed by atoms with Crippen molar-refractivity contribution in [2.75, 3.05) is 19.7 Å². The zero-order valence-corrected chi connectivity index (χ0v) is 14.4. The van der Waals surface area contributed by atoms with Crippen molar-refractivity contribution in [2.45, 2.75) is 19.6 Å². The molecule has 0 heterocycles. The van der Waals surface area contributed by atoms with Crippen LogP contribution in [-0.4, -0.2) is 35.7 Å². The average molecular weight is 348 g/mol. The molecule has 0 aromatic heterocycles. The fourth-order valence-corrected chi connectivity index (χ4v) is 2.58. The van der Waals surface area contributed by atoms with Gasteiger partial charge in [0.25, 0.3) is 0 Å². The minimum Gasteiger partial charge on any atom is -0.465 e. The number of ether oxygens (including phenoxy) is 1. The molecule has 0 radical (unpaired) electrons. The lowest BCUT2D eigenvalue weighted by molar-refractivity contribution is -0.144. The van der Waals surface area contributed by atoms with Crippen LogP contribution in [0.25, 0.3) is 0 Å². The van der Waals surface area contributed by atoms with E-state index in [2.05, 4.69) is 0 Å². The van der Waals surface area contributed by atoms with Gasteiger partial charge in [-0.25, -0.2) is 0 Å². The van der Waals surface area contributed by atoms with Crippen molar-refractivity contribution in [3.63, 3.8) is 0 Å². The topological polar surface area (TPSA) is 49.8 Å². The molecule has 1 N–H and O–H groups in total. The Morgan fingerprint density at radius 3 is 2.46 bits per heavy atom. The summed E-state index contributed by atoms with van der Waals surface area (Å²) in [5, 5.41) is 11.1. The van der Waals surface area contributed by atoms with Crippen molar-refractivity contribution < 1.29 is 14.6 Å². The maximum atomic E-state index is 11.8. The summed E-state index contributed by atoms with van der Waals surface area (Å²) in [5.41, 5.74) is 1.84. The summed E-state index contributed by atoms with van der Waals surface area (Å²) in [6.07, 6.45) is -0.708. The van der Waals surface area contributed by atoms with E-state index in [0.29, 0.717) is 24.7 Å². The highest BCUT2D eigenvalue weighted by atomic mass is 35.5. The molecule has 0 bridgehead atoms. The van der Waals surface area contributed by atoms with Gasteiger partial charge in [0.15, 0.2) is 0 Å². The first kappa shape index (κ1) is 18.5. The first-order chi connectivity index (χ1) is 11.6. The summed E-state index contributed by atoms with van der Waals surface area (Å²) >= 11 is 5.88. The number of nitrogens with zero attached hydrogens (tertiary/aromatic N) is 1. The zero-order valence-electron chi connectivity index (χ0n) is 13.7. The Morgan fingerprint density at radius 2 is 1.83 bits per heavy atom. The number of carbonyl (C=O) groups is 1. The Balaban J connectivity index is 2.06. The molecule has 24 heavy (non-hydrogen) atoms. The highest BCUT2D eigenvalue weighted by molar-refractivity contribution is 6.30. The first-order valence-corrected chi connectivity index (χ1v) is 8.31. The number of benzene rings is 2. The second kappa shape index (κ2) is 9.42. The molecule has 1 atom stereocenters. The molecule has 5 heteroatoms. The monoisotopic (exact) mass is 347 g/mol. The van der Waals surface area contributed by atoms with Gasteiger partial charge in [-0.1, -0.05) is 54.1 Å². The zero-order chi connectivity index (χ0) is 17.4. The van der Waals surface area contributed by atoms with Gasteiger partial charge in [-0.3, -0.25) is 9.69 Å². The molecule has 0 aliphatic rings. The van der Waals surface area contributed by atoms with Gasteiger partial charge in [0, 0.05) is 18.1 Å². The van der Waals surface area contributed by atoms with Crippen molar-refractivity contribution >= 4 is 17.6 Å². The van der Waals surface area contributed by atoms with Gasteiger partial charge in [0.1, 0.15) is 0 Å². The molecule has 0 spiro atoms. The summed E-state index contributed by atoms with van der Waals surface area (Å²) in [7, 11) is 0. The van der Waals surface area contributed by atoms with Gasteiger partial charge >= 0.3 is 5.97 Å². The van der Waals surface area contributed by atoms with E-state index < -0.39 is 6.10 Å². The lowest BCUT2D eigenvalue weighted by Gasteiger charge is -2.24. The molecule has 2 aromatic carbocycles. The molecule has 128 valence electrons. The highest BCUT2D eigenvalue weighted by Crippen LogP contribution is 2.18. The van der Waals surface area contributed by atoms with E-state index in [1.54, 1.807) is 31.2 Å². The Kier molecular flexibility index (Phi) is 7.25. The van der Waals surface area contributed by atoms with Gasteiger partial charge < -0.3 is 9.84 Å².